The molecule has 0 spiro atoms. The fraction of sp³-hybridized carbons (Fsp3) is 0.533. The van der Waals surface area contributed by atoms with E-state index < -0.39 is 5.97 Å². The highest BCUT2D eigenvalue weighted by molar-refractivity contribution is 5.95. The number of carbonyl (C=O) groups is 2. The zero-order valence-electron chi connectivity index (χ0n) is 11.9. The van der Waals surface area contributed by atoms with Crippen LogP contribution in [-0.4, -0.2) is 39.5 Å². The van der Waals surface area contributed by atoms with E-state index in [0.717, 1.165) is 6.54 Å². The number of aromatic carboxylic acids is 1. The molecule has 0 radical (unpaired) electrons. The van der Waals surface area contributed by atoms with Crippen molar-refractivity contribution in [2.45, 2.75) is 39.2 Å². The van der Waals surface area contributed by atoms with Crippen molar-refractivity contribution in [1.29, 1.82) is 0 Å². The first-order valence-electron chi connectivity index (χ1n) is 6.99. The van der Waals surface area contributed by atoms with Gasteiger partial charge in [-0.2, -0.15) is 0 Å². The van der Waals surface area contributed by atoms with E-state index in [1.807, 2.05) is 13.8 Å². The second-order valence-electron chi connectivity index (χ2n) is 5.58. The number of aromatic nitrogens is 1. The SMILES string of the molecule is CC(C)N(CC1CCC1)C(=O)c1cc(C(=O)O)ccn1. The molecule has 1 aromatic heterocycles. The number of carboxylic acids is 1. The van der Waals surface area contributed by atoms with Gasteiger partial charge in [0.2, 0.25) is 0 Å². The molecule has 0 atom stereocenters. The summed E-state index contributed by atoms with van der Waals surface area (Å²) in [6.45, 7) is 4.67. The maximum Gasteiger partial charge on any atom is 0.335 e. The van der Waals surface area contributed by atoms with Crippen molar-refractivity contribution >= 4 is 11.9 Å². The van der Waals surface area contributed by atoms with Crippen LogP contribution in [0.1, 0.15) is 54.0 Å². The molecule has 0 bridgehead atoms. The Bertz CT molecular complexity index is 510. The molecule has 5 heteroatoms. The Morgan fingerprint density at radius 1 is 1.45 bits per heavy atom. The number of rotatable bonds is 5. The Balaban J connectivity index is 2.17. The van der Waals surface area contributed by atoms with Gasteiger partial charge in [-0.05, 0) is 44.7 Å². The largest absolute Gasteiger partial charge is 0.478 e. The number of amides is 1. The predicted molar refractivity (Wildman–Crippen MR) is 74.7 cm³/mol. The predicted octanol–water partition coefficient (Wildman–Crippen LogP) is 2.43. The summed E-state index contributed by atoms with van der Waals surface area (Å²) in [4.78, 5) is 29.3. The standard InChI is InChI=1S/C15H20N2O3/c1-10(2)17(9-11-4-3-5-11)14(18)13-8-12(15(19)20)6-7-16-13/h6-8,10-11H,3-5,9H2,1-2H3,(H,19,20). The summed E-state index contributed by atoms with van der Waals surface area (Å²) in [5, 5.41) is 8.98. The normalized spacial score (nSPS) is 14.9. The van der Waals surface area contributed by atoms with Crippen LogP contribution in [0.15, 0.2) is 18.3 Å². The number of hydrogen-bond acceptors (Lipinski definition) is 3. The zero-order valence-corrected chi connectivity index (χ0v) is 11.9. The van der Waals surface area contributed by atoms with Crippen molar-refractivity contribution < 1.29 is 14.7 Å². The van der Waals surface area contributed by atoms with Gasteiger partial charge in [0.25, 0.3) is 5.91 Å². The minimum absolute atomic E-state index is 0.0818. The average molecular weight is 276 g/mol. The van der Waals surface area contributed by atoms with Gasteiger partial charge in [-0.25, -0.2) is 4.79 Å². The molecule has 0 aliphatic heterocycles. The fourth-order valence-electron chi connectivity index (χ4n) is 2.31. The molecule has 108 valence electrons. The van der Waals surface area contributed by atoms with E-state index in [0.29, 0.717) is 5.92 Å². The van der Waals surface area contributed by atoms with Crippen LogP contribution in [0.3, 0.4) is 0 Å². The number of carboxylic acid groups (broad SMARTS) is 1. The monoisotopic (exact) mass is 276 g/mol. The van der Waals surface area contributed by atoms with Crippen molar-refractivity contribution in [3.63, 3.8) is 0 Å². The van der Waals surface area contributed by atoms with E-state index in [-0.39, 0.29) is 23.2 Å². The second kappa shape index (κ2) is 6.03. The smallest absolute Gasteiger partial charge is 0.335 e. The number of nitrogens with zero attached hydrogens (tertiary/aromatic N) is 2. The van der Waals surface area contributed by atoms with Crippen LogP contribution < -0.4 is 0 Å². The van der Waals surface area contributed by atoms with E-state index in [2.05, 4.69) is 4.98 Å². The second-order valence-corrected chi connectivity index (χ2v) is 5.58. The van der Waals surface area contributed by atoms with E-state index in [9.17, 15) is 9.59 Å². The van der Waals surface area contributed by atoms with Gasteiger partial charge in [0.1, 0.15) is 5.69 Å². The molecule has 0 unspecified atom stereocenters. The van der Waals surface area contributed by atoms with Crippen molar-refractivity contribution in [2.24, 2.45) is 5.92 Å². The van der Waals surface area contributed by atoms with Crippen LogP contribution in [0, 0.1) is 5.92 Å². The van der Waals surface area contributed by atoms with Gasteiger partial charge in [-0.15, -0.1) is 0 Å². The van der Waals surface area contributed by atoms with Gasteiger partial charge in [-0.3, -0.25) is 9.78 Å². The molecule has 5 nitrogen and oxygen atoms in total. The lowest BCUT2D eigenvalue weighted by Gasteiger charge is -2.34. The highest BCUT2D eigenvalue weighted by Crippen LogP contribution is 2.28. The van der Waals surface area contributed by atoms with Crippen LogP contribution in [0.25, 0.3) is 0 Å². The zero-order chi connectivity index (χ0) is 14.7. The maximum atomic E-state index is 12.5. The number of carbonyl (C=O) groups excluding carboxylic acids is 1. The molecule has 1 heterocycles. The third-order valence-electron chi connectivity index (χ3n) is 3.79. The Kier molecular flexibility index (Phi) is 4.37. The van der Waals surface area contributed by atoms with Gasteiger partial charge in [0.05, 0.1) is 5.56 Å². The van der Waals surface area contributed by atoms with E-state index in [1.54, 1.807) is 4.90 Å². The maximum absolute atomic E-state index is 12.5. The van der Waals surface area contributed by atoms with Gasteiger partial charge in [0.15, 0.2) is 0 Å². The first-order chi connectivity index (χ1) is 9.49. The molecule has 2 rings (SSSR count). The van der Waals surface area contributed by atoms with Crippen molar-refractivity contribution in [3.05, 3.63) is 29.6 Å². The molecular formula is C15H20N2O3. The van der Waals surface area contributed by atoms with Gasteiger partial charge < -0.3 is 10.0 Å². The molecule has 1 aliphatic carbocycles. The molecule has 1 aliphatic rings. The lowest BCUT2D eigenvalue weighted by molar-refractivity contribution is 0.0626. The molecule has 0 aromatic carbocycles. The number of hydrogen-bond donors (Lipinski definition) is 1. The summed E-state index contributed by atoms with van der Waals surface area (Å²) in [7, 11) is 0. The highest BCUT2D eigenvalue weighted by Gasteiger charge is 2.27. The summed E-state index contributed by atoms with van der Waals surface area (Å²) in [5.74, 6) is -0.657. The Hall–Kier alpha value is -1.91. The van der Waals surface area contributed by atoms with E-state index in [1.165, 1.54) is 37.6 Å². The minimum atomic E-state index is -1.04. The summed E-state index contributed by atoms with van der Waals surface area (Å²) in [5.41, 5.74) is 0.300. The van der Waals surface area contributed by atoms with Crippen molar-refractivity contribution in [1.82, 2.24) is 9.88 Å². The highest BCUT2D eigenvalue weighted by atomic mass is 16.4. The van der Waals surface area contributed by atoms with Crippen molar-refractivity contribution in [3.8, 4) is 0 Å². The first-order valence-corrected chi connectivity index (χ1v) is 6.99. The molecule has 0 saturated heterocycles. The molecule has 20 heavy (non-hydrogen) atoms. The summed E-state index contributed by atoms with van der Waals surface area (Å²) in [6, 6.07) is 2.82. The van der Waals surface area contributed by atoms with Crippen molar-refractivity contribution in [2.75, 3.05) is 6.54 Å². The molecule has 1 fully saturated rings. The third-order valence-corrected chi connectivity index (χ3v) is 3.79. The summed E-state index contributed by atoms with van der Waals surface area (Å²) < 4.78 is 0. The topological polar surface area (TPSA) is 70.5 Å². The lowest BCUT2D eigenvalue weighted by atomic mass is 9.85. The average Bonchev–Trinajstić information content (AvgIpc) is 2.36. The van der Waals surface area contributed by atoms with Crippen LogP contribution >= 0.6 is 0 Å². The molecule has 1 aromatic rings. The van der Waals surface area contributed by atoms with E-state index in [4.69, 9.17) is 5.11 Å². The number of pyridine rings is 1. The fourth-order valence-corrected chi connectivity index (χ4v) is 2.31. The van der Waals surface area contributed by atoms with Gasteiger partial charge in [0, 0.05) is 18.8 Å². The Labute approximate surface area is 118 Å². The summed E-state index contributed by atoms with van der Waals surface area (Å²) >= 11 is 0. The molecule has 1 amide bonds. The third kappa shape index (κ3) is 3.15. The van der Waals surface area contributed by atoms with Crippen LogP contribution in [0.4, 0.5) is 0 Å². The summed E-state index contributed by atoms with van der Waals surface area (Å²) in [6.07, 6.45) is 4.94. The van der Waals surface area contributed by atoms with Gasteiger partial charge >= 0.3 is 5.97 Å². The molecule has 1 N–H and O–H groups in total. The minimum Gasteiger partial charge on any atom is -0.478 e. The quantitative estimate of drug-likeness (QED) is 0.896. The van der Waals surface area contributed by atoms with Crippen LogP contribution in [-0.2, 0) is 0 Å². The Morgan fingerprint density at radius 3 is 2.65 bits per heavy atom. The van der Waals surface area contributed by atoms with Crippen LogP contribution in [0.2, 0.25) is 0 Å². The van der Waals surface area contributed by atoms with E-state index >= 15 is 0 Å². The Morgan fingerprint density at radius 2 is 2.15 bits per heavy atom. The van der Waals surface area contributed by atoms with Crippen LogP contribution in [0.5, 0.6) is 0 Å². The molecular weight excluding hydrogens is 256 g/mol. The first kappa shape index (κ1) is 14.5. The lowest BCUT2D eigenvalue weighted by Crippen LogP contribution is -2.42. The molecule has 1 saturated carbocycles. The van der Waals surface area contributed by atoms with Gasteiger partial charge in [-0.1, -0.05) is 6.42 Å².